The van der Waals surface area contributed by atoms with Crippen molar-refractivity contribution in [2.24, 2.45) is 5.73 Å². The van der Waals surface area contributed by atoms with Crippen molar-refractivity contribution in [3.05, 3.63) is 29.3 Å². The summed E-state index contributed by atoms with van der Waals surface area (Å²) in [6, 6.07) is 2.55. The number of thioether (sulfide) groups is 1. The number of rotatable bonds is 7. The van der Waals surface area contributed by atoms with E-state index in [-0.39, 0.29) is 5.75 Å². The Morgan fingerprint density at radius 3 is 2.47 bits per heavy atom. The van der Waals surface area contributed by atoms with E-state index in [1.165, 1.54) is 12.1 Å². The van der Waals surface area contributed by atoms with Crippen LogP contribution in [-0.2, 0) is 6.42 Å². The molecule has 5 heteroatoms. The lowest BCUT2D eigenvalue weighted by Crippen LogP contribution is -2.07. The summed E-state index contributed by atoms with van der Waals surface area (Å²) in [7, 11) is 0. The van der Waals surface area contributed by atoms with E-state index in [0.717, 1.165) is 11.5 Å². The zero-order chi connectivity index (χ0) is 12.7. The van der Waals surface area contributed by atoms with Crippen molar-refractivity contribution < 1.29 is 13.5 Å². The molecule has 0 fully saturated rings. The first kappa shape index (κ1) is 14.3. The maximum absolute atomic E-state index is 13.5. The monoisotopic (exact) mass is 261 g/mol. The average Bonchev–Trinajstić information content (AvgIpc) is 2.27. The van der Waals surface area contributed by atoms with Crippen molar-refractivity contribution in [1.82, 2.24) is 0 Å². The first-order chi connectivity index (χ1) is 8.19. The highest BCUT2D eigenvalue weighted by Gasteiger charge is 2.12. The molecular formula is C12H17F2NOS. The van der Waals surface area contributed by atoms with Crippen molar-refractivity contribution in [2.75, 3.05) is 24.7 Å². The van der Waals surface area contributed by atoms with Crippen molar-refractivity contribution in [1.29, 1.82) is 0 Å². The van der Waals surface area contributed by atoms with E-state index in [2.05, 4.69) is 0 Å². The van der Waals surface area contributed by atoms with E-state index < -0.39 is 11.6 Å². The molecule has 0 aliphatic heterocycles. The van der Waals surface area contributed by atoms with E-state index in [9.17, 15) is 8.78 Å². The van der Waals surface area contributed by atoms with Crippen LogP contribution in [0.25, 0.3) is 0 Å². The smallest absolute Gasteiger partial charge is 0.190 e. The Hall–Kier alpha value is -0.810. The number of ether oxygens (including phenoxy) is 1. The second kappa shape index (κ2) is 7.50. The molecule has 0 aromatic heterocycles. The third-order valence-electron chi connectivity index (χ3n) is 2.17. The Morgan fingerprint density at radius 1 is 1.29 bits per heavy atom. The van der Waals surface area contributed by atoms with E-state index in [4.69, 9.17) is 10.5 Å². The summed E-state index contributed by atoms with van der Waals surface area (Å²) in [4.78, 5) is 0. The Kier molecular flexibility index (Phi) is 6.29. The number of halogens is 2. The zero-order valence-corrected chi connectivity index (χ0v) is 10.7. The van der Waals surface area contributed by atoms with Gasteiger partial charge in [-0.15, -0.1) is 0 Å². The molecule has 0 spiro atoms. The molecule has 1 aromatic rings. The Morgan fingerprint density at radius 2 is 1.94 bits per heavy atom. The van der Waals surface area contributed by atoms with Crippen LogP contribution >= 0.6 is 11.8 Å². The molecular weight excluding hydrogens is 244 g/mol. The highest BCUT2D eigenvalue weighted by Crippen LogP contribution is 2.23. The van der Waals surface area contributed by atoms with E-state index in [1.54, 1.807) is 11.8 Å². The molecule has 2 N–H and O–H groups in total. The average molecular weight is 261 g/mol. The van der Waals surface area contributed by atoms with Crippen LogP contribution in [0.2, 0.25) is 0 Å². The van der Waals surface area contributed by atoms with Crippen molar-refractivity contribution in [3.63, 3.8) is 0 Å². The van der Waals surface area contributed by atoms with Crippen molar-refractivity contribution in [2.45, 2.75) is 13.3 Å². The van der Waals surface area contributed by atoms with Gasteiger partial charge < -0.3 is 10.5 Å². The molecule has 1 rings (SSSR count). The normalized spacial score (nSPS) is 10.6. The largest absolute Gasteiger partial charge is 0.487 e. The molecule has 0 saturated heterocycles. The van der Waals surface area contributed by atoms with Gasteiger partial charge >= 0.3 is 0 Å². The number of hydrogen-bond donors (Lipinski definition) is 1. The second-order valence-electron chi connectivity index (χ2n) is 3.47. The van der Waals surface area contributed by atoms with Crippen LogP contribution in [0.4, 0.5) is 8.78 Å². The van der Waals surface area contributed by atoms with Crippen molar-refractivity contribution in [3.8, 4) is 5.75 Å². The lowest BCUT2D eigenvalue weighted by Gasteiger charge is -2.09. The van der Waals surface area contributed by atoms with E-state index in [0.29, 0.717) is 25.1 Å². The molecule has 0 amide bonds. The first-order valence-corrected chi connectivity index (χ1v) is 6.73. The molecule has 0 bridgehead atoms. The quantitative estimate of drug-likeness (QED) is 0.766. The first-order valence-electron chi connectivity index (χ1n) is 5.57. The number of nitrogens with two attached hydrogens (primary N) is 1. The third kappa shape index (κ3) is 4.52. The standard InChI is InChI=1S/C12H17F2NOS/c1-2-17-6-5-16-12-10(13)7-9(3-4-15)8-11(12)14/h7-8H,2-6,15H2,1H3. The minimum absolute atomic E-state index is 0.289. The summed E-state index contributed by atoms with van der Waals surface area (Å²) in [6.45, 7) is 2.70. The summed E-state index contributed by atoms with van der Waals surface area (Å²) in [6.07, 6.45) is 0.458. The van der Waals surface area contributed by atoms with Crippen LogP contribution in [0.3, 0.4) is 0 Å². The van der Waals surface area contributed by atoms with Gasteiger partial charge in [0.05, 0.1) is 6.61 Å². The summed E-state index contributed by atoms with van der Waals surface area (Å²) in [5.41, 5.74) is 5.89. The fourth-order valence-corrected chi connectivity index (χ4v) is 1.90. The highest BCUT2D eigenvalue weighted by molar-refractivity contribution is 7.99. The molecule has 0 aliphatic rings. The van der Waals surface area contributed by atoms with Crippen LogP contribution in [-0.4, -0.2) is 24.7 Å². The van der Waals surface area contributed by atoms with Gasteiger partial charge in [-0.05, 0) is 36.4 Å². The molecule has 96 valence electrons. The predicted octanol–water partition coefficient (Wildman–Crippen LogP) is 2.60. The van der Waals surface area contributed by atoms with Crippen LogP contribution in [0.15, 0.2) is 12.1 Å². The molecule has 2 nitrogen and oxygen atoms in total. The van der Waals surface area contributed by atoms with Gasteiger partial charge in [0.25, 0.3) is 0 Å². The Bertz CT molecular complexity index is 337. The van der Waals surface area contributed by atoms with Gasteiger partial charge in [0.1, 0.15) is 0 Å². The van der Waals surface area contributed by atoms with Gasteiger partial charge in [-0.3, -0.25) is 0 Å². The minimum Gasteiger partial charge on any atom is -0.487 e. The van der Waals surface area contributed by atoms with E-state index in [1.807, 2.05) is 6.92 Å². The molecule has 1 aromatic carbocycles. The third-order valence-corrected chi connectivity index (χ3v) is 3.03. The van der Waals surface area contributed by atoms with Gasteiger partial charge in [0.15, 0.2) is 17.4 Å². The zero-order valence-electron chi connectivity index (χ0n) is 9.84. The maximum Gasteiger partial charge on any atom is 0.190 e. The SMILES string of the molecule is CCSCCOc1c(F)cc(CCN)cc1F. The van der Waals surface area contributed by atoms with Gasteiger partial charge in [-0.1, -0.05) is 6.92 Å². The van der Waals surface area contributed by atoms with Crippen LogP contribution < -0.4 is 10.5 Å². The molecule has 17 heavy (non-hydrogen) atoms. The van der Waals surface area contributed by atoms with Crippen LogP contribution in [0.5, 0.6) is 5.75 Å². The fraction of sp³-hybridized carbons (Fsp3) is 0.500. The molecule has 0 unspecified atom stereocenters. The Labute approximate surface area is 105 Å². The van der Waals surface area contributed by atoms with Crippen molar-refractivity contribution >= 4 is 11.8 Å². The van der Waals surface area contributed by atoms with Gasteiger partial charge in [0.2, 0.25) is 0 Å². The molecule has 0 aliphatic carbocycles. The summed E-state index contributed by atoms with van der Waals surface area (Å²) in [5, 5.41) is 0. The summed E-state index contributed by atoms with van der Waals surface area (Å²) >= 11 is 1.66. The van der Waals surface area contributed by atoms with Crippen LogP contribution in [0.1, 0.15) is 12.5 Å². The highest BCUT2D eigenvalue weighted by atomic mass is 32.2. The molecule has 0 atom stereocenters. The number of benzene rings is 1. The summed E-state index contributed by atoms with van der Waals surface area (Å²) in [5.74, 6) is 0.0799. The fourth-order valence-electron chi connectivity index (χ4n) is 1.41. The lowest BCUT2D eigenvalue weighted by molar-refractivity contribution is 0.305. The maximum atomic E-state index is 13.5. The van der Waals surface area contributed by atoms with Crippen LogP contribution in [0, 0.1) is 11.6 Å². The molecule has 0 heterocycles. The Balaban J connectivity index is 2.65. The van der Waals surface area contributed by atoms with E-state index >= 15 is 0 Å². The lowest BCUT2D eigenvalue weighted by atomic mass is 10.1. The van der Waals surface area contributed by atoms with Gasteiger partial charge in [0, 0.05) is 5.75 Å². The topological polar surface area (TPSA) is 35.2 Å². The molecule has 0 saturated carbocycles. The van der Waals surface area contributed by atoms with Gasteiger partial charge in [-0.2, -0.15) is 11.8 Å². The van der Waals surface area contributed by atoms with Gasteiger partial charge in [-0.25, -0.2) is 8.78 Å². The predicted molar refractivity (Wildman–Crippen MR) is 67.6 cm³/mol. The number of hydrogen-bond acceptors (Lipinski definition) is 3. The summed E-state index contributed by atoms with van der Waals surface area (Å²) < 4.78 is 32.2. The minimum atomic E-state index is -0.657. The second-order valence-corrected chi connectivity index (χ2v) is 4.87. The molecule has 0 radical (unpaired) electrons.